The summed E-state index contributed by atoms with van der Waals surface area (Å²) >= 11 is 12.4. The van der Waals surface area contributed by atoms with Crippen molar-refractivity contribution in [2.24, 2.45) is 17.8 Å². The van der Waals surface area contributed by atoms with E-state index in [0.717, 1.165) is 31.5 Å². The lowest BCUT2D eigenvalue weighted by atomic mass is 9.74. The summed E-state index contributed by atoms with van der Waals surface area (Å²) in [5.74, 6) is -0.748. The van der Waals surface area contributed by atoms with Crippen molar-refractivity contribution in [3.63, 3.8) is 0 Å². The summed E-state index contributed by atoms with van der Waals surface area (Å²) in [4.78, 5) is 21.9. The van der Waals surface area contributed by atoms with Crippen molar-refractivity contribution in [2.75, 3.05) is 31.5 Å². The van der Waals surface area contributed by atoms with Crippen LogP contribution in [0.3, 0.4) is 0 Å². The molecule has 1 unspecified atom stereocenters. The van der Waals surface area contributed by atoms with E-state index in [0.29, 0.717) is 47.3 Å². The highest BCUT2D eigenvalue weighted by molar-refractivity contribution is 6.31. The van der Waals surface area contributed by atoms with Crippen LogP contribution in [0.25, 0.3) is 5.57 Å². The van der Waals surface area contributed by atoms with Gasteiger partial charge in [0.2, 0.25) is 6.41 Å². The van der Waals surface area contributed by atoms with Crippen LogP contribution >= 0.6 is 23.2 Å². The maximum atomic E-state index is 16.9. The first-order valence-electron chi connectivity index (χ1n) is 13.6. The Morgan fingerprint density at radius 1 is 1.17 bits per heavy atom. The fourth-order valence-corrected chi connectivity index (χ4v) is 6.14. The lowest BCUT2D eigenvalue weighted by molar-refractivity contribution is -0.105. The number of rotatable bonds is 12. The minimum Gasteiger partial charge on any atom is -0.328 e. The lowest BCUT2D eigenvalue weighted by Crippen LogP contribution is -2.44. The molecule has 1 heterocycles. The zero-order valence-corrected chi connectivity index (χ0v) is 24.9. The van der Waals surface area contributed by atoms with Crippen LogP contribution in [-0.2, 0) is 15.1 Å². The first-order valence-corrected chi connectivity index (χ1v) is 14.4. The molecule has 9 heteroatoms. The van der Waals surface area contributed by atoms with Crippen LogP contribution in [0.2, 0.25) is 5.02 Å². The van der Waals surface area contributed by atoms with Crippen LogP contribution in [0.15, 0.2) is 72.1 Å². The highest BCUT2D eigenvalue weighted by Gasteiger charge is 2.54. The predicted octanol–water partition coefficient (Wildman–Crippen LogP) is 7.33. The highest BCUT2D eigenvalue weighted by atomic mass is 35.5. The molecule has 5 nitrogen and oxygen atoms in total. The lowest BCUT2D eigenvalue weighted by Gasteiger charge is -2.41. The van der Waals surface area contributed by atoms with Crippen molar-refractivity contribution < 1.29 is 18.4 Å². The fraction of sp³-hybridized carbons (Fsp3) is 0.375. The molecule has 0 bridgehead atoms. The number of halogens is 4. The van der Waals surface area contributed by atoms with Gasteiger partial charge in [0.15, 0.2) is 0 Å². The molecular formula is C32H37Cl2F2N3O2. The zero-order valence-electron chi connectivity index (χ0n) is 23.4. The molecule has 2 fully saturated rings. The summed E-state index contributed by atoms with van der Waals surface area (Å²) in [6, 6.07) is 11.2. The highest BCUT2D eigenvalue weighted by Crippen LogP contribution is 2.53. The second-order valence-corrected chi connectivity index (χ2v) is 11.5. The third-order valence-electron chi connectivity index (χ3n) is 7.84. The molecule has 1 saturated carbocycles. The summed E-state index contributed by atoms with van der Waals surface area (Å²) in [5, 5.41) is 6.94. The van der Waals surface area contributed by atoms with Crippen LogP contribution in [0.5, 0.6) is 0 Å². The summed E-state index contributed by atoms with van der Waals surface area (Å²) in [6.07, 6.45) is 6.01. The van der Waals surface area contributed by atoms with Gasteiger partial charge in [-0.3, -0.25) is 9.69 Å². The van der Waals surface area contributed by atoms with E-state index in [1.54, 1.807) is 30.3 Å². The summed E-state index contributed by atoms with van der Waals surface area (Å²) in [5.41, 5.74) is 1.71. The average molecular weight is 605 g/mol. The SMILES string of the molecule is C=C(Cl)/C=C(\C=C(/F)C1[C@H](CNCC)CN(CC2CC2)[C@]1(C)c1ccc(Cl)cc1NC=O)c1ccc(F)cc1.C=O. The number of hydrogen-bond acceptors (Lipinski definition) is 4. The summed E-state index contributed by atoms with van der Waals surface area (Å²) < 4.78 is 30.5. The van der Waals surface area contributed by atoms with Gasteiger partial charge in [-0.05, 0) is 97.8 Å². The van der Waals surface area contributed by atoms with E-state index < -0.39 is 11.5 Å². The number of likely N-dealkylation sites (tertiary alicyclic amines) is 1. The van der Waals surface area contributed by atoms with Gasteiger partial charge in [-0.2, -0.15) is 0 Å². The first-order chi connectivity index (χ1) is 19.7. The maximum Gasteiger partial charge on any atom is 0.211 e. The molecule has 0 spiro atoms. The Morgan fingerprint density at radius 3 is 2.44 bits per heavy atom. The molecule has 41 heavy (non-hydrogen) atoms. The van der Waals surface area contributed by atoms with E-state index >= 15 is 4.39 Å². The number of carbonyl (C=O) groups is 2. The Morgan fingerprint density at radius 2 is 1.85 bits per heavy atom. The second kappa shape index (κ2) is 14.9. The van der Waals surface area contributed by atoms with Crippen molar-refractivity contribution in [3.8, 4) is 0 Å². The number of carbonyl (C=O) groups excluding carboxylic acids is 2. The second-order valence-electron chi connectivity index (χ2n) is 10.6. The molecule has 1 saturated heterocycles. The van der Waals surface area contributed by atoms with Gasteiger partial charge in [0.05, 0.1) is 5.54 Å². The molecule has 2 aromatic carbocycles. The number of amides is 1. The Hall–Kier alpha value is -2.84. The molecule has 4 rings (SSSR count). The predicted molar refractivity (Wildman–Crippen MR) is 164 cm³/mol. The zero-order chi connectivity index (χ0) is 30.2. The third kappa shape index (κ3) is 7.92. The largest absolute Gasteiger partial charge is 0.328 e. The standard InChI is InChI=1S/C31H35Cl2F2N3O.CH2O/c1-4-36-16-24-18-38(17-21-5-6-21)31(3,27-12-9-25(33)15-29(27)37-19-39)30(24)28(35)14-23(13-20(2)32)22-7-10-26(34)11-8-22;1-2/h7-15,19,21,24,30,36H,2,4-6,16-18H2,1,3H3,(H,37,39);1H2/b23-13+,28-14-;/t24-,30?,31-;/m1./s1. The molecule has 1 aliphatic heterocycles. The van der Waals surface area contributed by atoms with E-state index in [9.17, 15) is 9.18 Å². The van der Waals surface area contributed by atoms with Gasteiger partial charge >= 0.3 is 0 Å². The van der Waals surface area contributed by atoms with Crippen LogP contribution in [-0.4, -0.2) is 44.3 Å². The van der Waals surface area contributed by atoms with E-state index in [2.05, 4.69) is 29.0 Å². The quantitative estimate of drug-likeness (QED) is 0.197. The van der Waals surface area contributed by atoms with Gasteiger partial charge in [-0.1, -0.05) is 54.9 Å². The Bertz CT molecular complexity index is 1280. The van der Waals surface area contributed by atoms with E-state index in [-0.39, 0.29) is 22.6 Å². The van der Waals surface area contributed by atoms with Gasteiger partial charge in [0, 0.05) is 34.7 Å². The Balaban J connectivity index is 0.00000226. The van der Waals surface area contributed by atoms with Crippen molar-refractivity contribution in [3.05, 3.63) is 94.0 Å². The molecular weight excluding hydrogens is 567 g/mol. The van der Waals surface area contributed by atoms with E-state index in [4.69, 9.17) is 28.0 Å². The van der Waals surface area contributed by atoms with Crippen LogP contribution in [0.1, 0.15) is 37.8 Å². The summed E-state index contributed by atoms with van der Waals surface area (Å²) in [7, 11) is 0. The molecule has 2 aromatic rings. The Labute approximate surface area is 251 Å². The van der Waals surface area contributed by atoms with Crippen LogP contribution in [0.4, 0.5) is 14.5 Å². The fourth-order valence-electron chi connectivity index (χ4n) is 5.85. The smallest absolute Gasteiger partial charge is 0.211 e. The molecule has 2 N–H and O–H groups in total. The van der Waals surface area contributed by atoms with E-state index in [1.807, 2.05) is 19.8 Å². The maximum absolute atomic E-state index is 16.9. The van der Waals surface area contributed by atoms with Gasteiger partial charge in [0.1, 0.15) is 18.4 Å². The van der Waals surface area contributed by atoms with Crippen molar-refractivity contribution in [1.82, 2.24) is 10.2 Å². The summed E-state index contributed by atoms with van der Waals surface area (Å²) in [6.45, 7) is 12.8. The first kappa shape index (κ1) is 32.7. The normalized spacial score (nSPS) is 23.1. The van der Waals surface area contributed by atoms with Crippen molar-refractivity contribution in [1.29, 1.82) is 0 Å². The monoisotopic (exact) mass is 603 g/mol. The Kier molecular flexibility index (Phi) is 11.9. The molecule has 220 valence electrons. The molecule has 2 aliphatic rings. The minimum atomic E-state index is -0.787. The number of nitrogens with zero attached hydrogens (tertiary/aromatic N) is 1. The van der Waals surface area contributed by atoms with Gasteiger partial charge in [0.25, 0.3) is 0 Å². The number of benzene rings is 2. The topological polar surface area (TPSA) is 61.4 Å². The van der Waals surface area contributed by atoms with E-state index in [1.165, 1.54) is 18.2 Å². The third-order valence-corrected chi connectivity index (χ3v) is 8.19. The van der Waals surface area contributed by atoms with Gasteiger partial charge in [-0.15, -0.1) is 0 Å². The number of allylic oxidation sites excluding steroid dienone is 4. The number of nitrogens with one attached hydrogen (secondary N) is 2. The number of anilines is 1. The molecule has 3 atom stereocenters. The molecule has 1 amide bonds. The minimum absolute atomic E-state index is 0.0571. The van der Waals surface area contributed by atoms with Crippen molar-refractivity contribution >= 4 is 47.7 Å². The van der Waals surface area contributed by atoms with Gasteiger partial charge < -0.3 is 15.4 Å². The molecule has 0 radical (unpaired) electrons. The number of hydrogen-bond donors (Lipinski definition) is 2. The average Bonchev–Trinajstić information content (AvgIpc) is 3.71. The van der Waals surface area contributed by atoms with Gasteiger partial charge in [-0.25, -0.2) is 8.78 Å². The molecule has 1 aliphatic carbocycles. The van der Waals surface area contributed by atoms with Crippen LogP contribution in [0, 0.1) is 23.6 Å². The molecule has 0 aromatic heterocycles. The van der Waals surface area contributed by atoms with Crippen molar-refractivity contribution in [2.45, 2.75) is 32.2 Å². The van der Waals surface area contributed by atoms with Crippen LogP contribution < -0.4 is 10.6 Å².